The van der Waals surface area contributed by atoms with Gasteiger partial charge in [0.15, 0.2) is 0 Å². The van der Waals surface area contributed by atoms with Crippen LogP contribution in [0.5, 0.6) is 0 Å². The van der Waals surface area contributed by atoms with Gasteiger partial charge in [-0.15, -0.1) is 11.3 Å². The number of benzene rings is 2. The Balaban J connectivity index is 1.52. The number of thiophene rings is 1. The molecule has 1 aromatic heterocycles. The summed E-state index contributed by atoms with van der Waals surface area (Å²) in [6.45, 7) is 9.47. The van der Waals surface area contributed by atoms with Gasteiger partial charge in [0.1, 0.15) is 5.78 Å². The Morgan fingerprint density at radius 1 is 1.06 bits per heavy atom. The number of rotatable bonds is 6. The summed E-state index contributed by atoms with van der Waals surface area (Å²) in [6, 6.07) is 14.3. The number of carbonyl (C=O) groups excluding carboxylic acids is 2. The second kappa shape index (κ2) is 8.56. The van der Waals surface area contributed by atoms with Gasteiger partial charge in [0.2, 0.25) is 5.91 Å². The quantitative estimate of drug-likeness (QED) is 0.608. The summed E-state index contributed by atoms with van der Waals surface area (Å²) in [5.41, 5.74) is 8.64. The zero-order valence-corrected chi connectivity index (χ0v) is 19.3. The van der Waals surface area contributed by atoms with Crippen molar-refractivity contribution in [3.8, 4) is 0 Å². The fourth-order valence-corrected chi connectivity index (χ4v) is 5.98. The van der Waals surface area contributed by atoms with E-state index in [1.165, 1.54) is 10.3 Å². The SMILES string of the molecule is CC(C)(C)CN1CCc2c(sc(CC(=O)Cc3ccc4ccccc4c3)c2C(N)=O)C1. The maximum atomic E-state index is 12.9. The molecule has 0 radical (unpaired) electrons. The first-order valence-corrected chi connectivity index (χ1v) is 11.7. The van der Waals surface area contributed by atoms with Crippen LogP contribution in [0.1, 0.15) is 52.0 Å². The molecule has 0 saturated heterocycles. The summed E-state index contributed by atoms with van der Waals surface area (Å²) >= 11 is 1.60. The van der Waals surface area contributed by atoms with Crippen molar-refractivity contribution in [1.29, 1.82) is 0 Å². The summed E-state index contributed by atoms with van der Waals surface area (Å²) in [5, 5.41) is 2.30. The molecule has 162 valence electrons. The summed E-state index contributed by atoms with van der Waals surface area (Å²) in [7, 11) is 0. The van der Waals surface area contributed by atoms with E-state index in [1.54, 1.807) is 11.3 Å². The Bertz CT molecular complexity index is 1140. The molecule has 0 aliphatic carbocycles. The summed E-state index contributed by atoms with van der Waals surface area (Å²) in [5.74, 6) is -0.293. The summed E-state index contributed by atoms with van der Waals surface area (Å²) in [6.07, 6.45) is 1.45. The average Bonchev–Trinajstić information content (AvgIpc) is 3.03. The fraction of sp³-hybridized carbons (Fsp3) is 0.385. The fourth-order valence-electron chi connectivity index (χ4n) is 4.55. The van der Waals surface area contributed by atoms with Crippen LogP contribution >= 0.6 is 11.3 Å². The minimum Gasteiger partial charge on any atom is -0.366 e. The molecule has 4 rings (SSSR count). The standard InChI is InChI=1S/C26H30N2O2S/c1-26(2,3)16-28-11-10-21-23(15-28)31-22(24(21)25(27)30)14-20(29)13-17-8-9-18-6-4-5-7-19(18)12-17/h4-9,12H,10-11,13-16H2,1-3H3,(H2,27,30). The van der Waals surface area contributed by atoms with Crippen molar-refractivity contribution in [2.24, 2.45) is 11.1 Å². The molecule has 31 heavy (non-hydrogen) atoms. The molecule has 2 N–H and O–H groups in total. The number of hydrogen-bond donors (Lipinski definition) is 1. The van der Waals surface area contributed by atoms with Crippen LogP contribution in [0.3, 0.4) is 0 Å². The molecular weight excluding hydrogens is 404 g/mol. The number of ketones is 1. The second-order valence-electron chi connectivity index (χ2n) is 9.76. The van der Waals surface area contributed by atoms with Crippen LogP contribution in [0.15, 0.2) is 42.5 Å². The van der Waals surface area contributed by atoms with Crippen LogP contribution in [0.25, 0.3) is 10.8 Å². The minimum atomic E-state index is -0.407. The molecule has 1 aliphatic heterocycles. The minimum absolute atomic E-state index is 0.114. The van der Waals surface area contributed by atoms with Crippen LogP contribution in [0, 0.1) is 5.41 Å². The van der Waals surface area contributed by atoms with Gasteiger partial charge in [-0.1, -0.05) is 63.2 Å². The van der Waals surface area contributed by atoms with Crippen LogP contribution in [0.2, 0.25) is 0 Å². The second-order valence-corrected chi connectivity index (χ2v) is 11.0. The van der Waals surface area contributed by atoms with Crippen LogP contribution in [0.4, 0.5) is 0 Å². The lowest BCUT2D eigenvalue weighted by atomic mass is 9.93. The first-order valence-electron chi connectivity index (χ1n) is 10.8. The number of primary amides is 1. The maximum absolute atomic E-state index is 12.9. The number of amides is 1. The first-order chi connectivity index (χ1) is 14.7. The molecule has 3 aromatic rings. The lowest BCUT2D eigenvalue weighted by molar-refractivity contribution is -0.117. The van der Waals surface area contributed by atoms with Gasteiger partial charge in [0, 0.05) is 42.2 Å². The molecule has 2 heterocycles. The molecule has 0 saturated carbocycles. The van der Waals surface area contributed by atoms with Gasteiger partial charge in [-0.25, -0.2) is 0 Å². The van der Waals surface area contributed by atoms with E-state index >= 15 is 0 Å². The zero-order valence-electron chi connectivity index (χ0n) is 18.5. The predicted octanol–water partition coefficient (Wildman–Crippen LogP) is 4.76. The molecule has 1 aliphatic rings. The highest BCUT2D eigenvalue weighted by Crippen LogP contribution is 2.34. The van der Waals surface area contributed by atoms with Crippen molar-refractivity contribution >= 4 is 33.8 Å². The van der Waals surface area contributed by atoms with E-state index in [0.717, 1.165) is 47.4 Å². The lowest BCUT2D eigenvalue weighted by Gasteiger charge is -2.32. The highest BCUT2D eigenvalue weighted by molar-refractivity contribution is 7.12. The number of nitrogens with two attached hydrogens (primary N) is 1. The Morgan fingerprint density at radius 3 is 2.52 bits per heavy atom. The molecule has 0 spiro atoms. The van der Waals surface area contributed by atoms with Crippen molar-refractivity contribution in [1.82, 2.24) is 4.90 Å². The molecule has 4 nitrogen and oxygen atoms in total. The van der Waals surface area contributed by atoms with Crippen molar-refractivity contribution in [2.75, 3.05) is 13.1 Å². The molecule has 0 bridgehead atoms. The Kier molecular flexibility index (Phi) is 6.00. The smallest absolute Gasteiger partial charge is 0.250 e. The summed E-state index contributed by atoms with van der Waals surface area (Å²) in [4.78, 5) is 29.6. The number of carbonyl (C=O) groups is 2. The third-order valence-corrected chi connectivity index (χ3v) is 6.94. The molecule has 5 heteroatoms. The number of Topliss-reactive ketones (excluding diaryl/α,β-unsaturated/α-hetero) is 1. The largest absolute Gasteiger partial charge is 0.366 e. The van der Waals surface area contributed by atoms with E-state index in [0.29, 0.717) is 12.0 Å². The Hall–Kier alpha value is -2.50. The van der Waals surface area contributed by atoms with E-state index in [-0.39, 0.29) is 17.6 Å². The first kappa shape index (κ1) is 21.7. The van der Waals surface area contributed by atoms with E-state index < -0.39 is 5.91 Å². The average molecular weight is 435 g/mol. The number of hydrogen-bond acceptors (Lipinski definition) is 4. The van der Waals surface area contributed by atoms with E-state index in [2.05, 4.69) is 49.9 Å². The van der Waals surface area contributed by atoms with E-state index in [1.807, 2.05) is 18.2 Å². The Labute approximate surface area is 188 Å². The molecule has 0 atom stereocenters. The number of fused-ring (bicyclic) bond motifs is 2. The molecule has 1 amide bonds. The zero-order chi connectivity index (χ0) is 22.2. The van der Waals surface area contributed by atoms with Crippen molar-refractivity contribution < 1.29 is 9.59 Å². The number of nitrogens with zero attached hydrogens (tertiary/aromatic N) is 1. The van der Waals surface area contributed by atoms with Gasteiger partial charge >= 0.3 is 0 Å². The maximum Gasteiger partial charge on any atom is 0.250 e. The topological polar surface area (TPSA) is 63.4 Å². The normalized spacial score (nSPS) is 14.5. The van der Waals surface area contributed by atoms with E-state index in [4.69, 9.17) is 5.73 Å². The third kappa shape index (κ3) is 5.05. The van der Waals surface area contributed by atoms with Gasteiger partial charge in [-0.2, -0.15) is 0 Å². The Morgan fingerprint density at radius 2 is 1.81 bits per heavy atom. The molecule has 0 unspecified atom stereocenters. The van der Waals surface area contributed by atoms with Crippen LogP contribution in [-0.4, -0.2) is 29.7 Å². The van der Waals surface area contributed by atoms with Gasteiger partial charge in [0.25, 0.3) is 0 Å². The van der Waals surface area contributed by atoms with Gasteiger partial charge < -0.3 is 5.73 Å². The van der Waals surface area contributed by atoms with E-state index in [9.17, 15) is 9.59 Å². The molecule has 2 aromatic carbocycles. The molecular formula is C26H30N2O2S. The summed E-state index contributed by atoms with van der Waals surface area (Å²) < 4.78 is 0. The highest BCUT2D eigenvalue weighted by atomic mass is 32.1. The van der Waals surface area contributed by atoms with Gasteiger partial charge in [0.05, 0.1) is 5.56 Å². The van der Waals surface area contributed by atoms with Crippen LogP contribution in [-0.2, 0) is 30.6 Å². The van der Waals surface area contributed by atoms with Crippen molar-refractivity contribution in [2.45, 2.75) is 46.6 Å². The van der Waals surface area contributed by atoms with Gasteiger partial charge in [-0.3, -0.25) is 14.5 Å². The van der Waals surface area contributed by atoms with Crippen LogP contribution < -0.4 is 5.73 Å². The van der Waals surface area contributed by atoms with Crippen molar-refractivity contribution in [3.63, 3.8) is 0 Å². The third-order valence-electron chi connectivity index (χ3n) is 5.73. The highest BCUT2D eigenvalue weighted by Gasteiger charge is 2.29. The van der Waals surface area contributed by atoms with Crippen molar-refractivity contribution in [3.05, 3.63) is 68.9 Å². The lowest BCUT2D eigenvalue weighted by Crippen LogP contribution is -2.36. The predicted molar refractivity (Wildman–Crippen MR) is 128 cm³/mol. The van der Waals surface area contributed by atoms with Gasteiger partial charge in [-0.05, 0) is 33.7 Å². The molecule has 0 fully saturated rings. The monoisotopic (exact) mass is 434 g/mol.